The maximum atomic E-state index is 12.9. The maximum absolute atomic E-state index is 12.9. The molecule has 1 saturated heterocycles. The van der Waals surface area contributed by atoms with Crippen LogP contribution in [0.25, 0.3) is 10.4 Å². The minimum absolute atomic E-state index is 0.0149. The van der Waals surface area contributed by atoms with E-state index in [1.165, 1.54) is 6.07 Å². The third-order valence-corrected chi connectivity index (χ3v) is 6.48. The Hall–Kier alpha value is -3.33. The Labute approximate surface area is 209 Å². The molecule has 16 nitrogen and oxygen atoms in total. The molecule has 1 aliphatic heterocycles. The van der Waals surface area contributed by atoms with Crippen molar-refractivity contribution in [3.05, 3.63) is 69.1 Å². The number of benzene rings is 1. The summed E-state index contributed by atoms with van der Waals surface area (Å²) in [4.78, 5) is 41.1. The second-order valence-electron chi connectivity index (χ2n) is 7.94. The SMILES string of the molecule is CCOC(=O)[C@H](Cc1ccccc1)NP(=O)(O)OC[C@@]1(N=[N+]=[N-])O[C@@H](n2ccc(N)nc2=O)[C@H](O)[C@@H]1O. The van der Waals surface area contributed by atoms with E-state index in [0.29, 0.717) is 5.56 Å². The monoisotopic (exact) mass is 539 g/mol. The number of nitrogens with two attached hydrogens (primary N) is 1. The molecule has 17 heteroatoms. The molecule has 0 bridgehead atoms. The molecule has 0 radical (unpaired) electrons. The lowest BCUT2D eigenvalue weighted by Gasteiger charge is -2.28. The average Bonchev–Trinajstić information content (AvgIpc) is 3.09. The molecule has 2 heterocycles. The molecule has 1 unspecified atom stereocenters. The van der Waals surface area contributed by atoms with E-state index in [1.54, 1.807) is 37.3 Å². The summed E-state index contributed by atoms with van der Waals surface area (Å²) in [6.07, 6.45) is -4.34. The lowest BCUT2D eigenvalue weighted by atomic mass is 10.1. The quantitative estimate of drug-likeness (QED) is 0.0830. The van der Waals surface area contributed by atoms with Crippen molar-refractivity contribution in [3.63, 3.8) is 0 Å². The summed E-state index contributed by atoms with van der Waals surface area (Å²) in [6.45, 7) is 0.532. The highest BCUT2D eigenvalue weighted by molar-refractivity contribution is 7.50. The number of anilines is 1. The molecule has 0 spiro atoms. The molecule has 1 aliphatic rings. The highest BCUT2D eigenvalue weighted by atomic mass is 31.2. The smallest absolute Gasteiger partial charge is 0.403 e. The number of hydrogen-bond acceptors (Lipinski definition) is 11. The molecule has 1 aromatic heterocycles. The summed E-state index contributed by atoms with van der Waals surface area (Å²) < 4.78 is 29.1. The fourth-order valence-electron chi connectivity index (χ4n) is 3.61. The van der Waals surface area contributed by atoms with Crippen LogP contribution in [-0.4, -0.2) is 67.8 Å². The second-order valence-corrected chi connectivity index (χ2v) is 9.49. The van der Waals surface area contributed by atoms with Crippen LogP contribution in [0.4, 0.5) is 5.82 Å². The normalized spacial score (nSPS) is 25.6. The van der Waals surface area contributed by atoms with Crippen LogP contribution in [0.5, 0.6) is 0 Å². The van der Waals surface area contributed by atoms with E-state index in [2.05, 4.69) is 20.1 Å². The van der Waals surface area contributed by atoms with Crippen molar-refractivity contribution < 1.29 is 38.5 Å². The number of carbonyl (C=O) groups is 1. The zero-order valence-corrected chi connectivity index (χ0v) is 20.4. The number of ether oxygens (including phenoxy) is 2. The first-order valence-electron chi connectivity index (χ1n) is 10.9. The van der Waals surface area contributed by atoms with Crippen LogP contribution in [0.3, 0.4) is 0 Å². The van der Waals surface area contributed by atoms with Gasteiger partial charge in [0.1, 0.15) is 24.1 Å². The van der Waals surface area contributed by atoms with Gasteiger partial charge in [0, 0.05) is 11.1 Å². The Kier molecular flexibility index (Phi) is 9.02. The first-order valence-corrected chi connectivity index (χ1v) is 12.5. The van der Waals surface area contributed by atoms with Gasteiger partial charge in [0.25, 0.3) is 0 Å². The molecule has 37 heavy (non-hydrogen) atoms. The fourth-order valence-corrected chi connectivity index (χ4v) is 4.63. The van der Waals surface area contributed by atoms with E-state index >= 15 is 0 Å². The van der Waals surface area contributed by atoms with Crippen LogP contribution in [-0.2, 0) is 29.8 Å². The van der Waals surface area contributed by atoms with E-state index in [1.807, 2.05) is 0 Å². The topological polar surface area (TPSA) is 244 Å². The van der Waals surface area contributed by atoms with Crippen LogP contribution >= 0.6 is 7.75 Å². The Morgan fingerprint density at radius 1 is 1.41 bits per heavy atom. The summed E-state index contributed by atoms with van der Waals surface area (Å²) in [5.74, 6) is -0.935. The van der Waals surface area contributed by atoms with Crippen LogP contribution in [0, 0.1) is 0 Å². The number of nitrogens with one attached hydrogen (secondary N) is 1. The average molecular weight is 539 g/mol. The third-order valence-electron chi connectivity index (χ3n) is 5.36. The zero-order chi connectivity index (χ0) is 27.2. The van der Waals surface area contributed by atoms with Crippen molar-refractivity contribution in [2.24, 2.45) is 5.11 Å². The summed E-state index contributed by atoms with van der Waals surface area (Å²) in [5, 5.41) is 26.6. The number of hydrogen-bond donors (Lipinski definition) is 5. The van der Waals surface area contributed by atoms with Gasteiger partial charge in [-0.15, -0.1) is 0 Å². The molecule has 3 rings (SSSR count). The van der Waals surface area contributed by atoms with Crippen molar-refractivity contribution >= 4 is 19.5 Å². The fraction of sp³-hybridized carbons (Fsp3) is 0.450. The molecule has 1 fully saturated rings. The second kappa shape index (κ2) is 11.8. The molecule has 6 N–H and O–H groups in total. The zero-order valence-electron chi connectivity index (χ0n) is 19.5. The van der Waals surface area contributed by atoms with E-state index in [0.717, 1.165) is 10.8 Å². The molecule has 0 aliphatic carbocycles. The van der Waals surface area contributed by atoms with E-state index < -0.39 is 56.2 Å². The highest BCUT2D eigenvalue weighted by Crippen LogP contribution is 2.44. The summed E-state index contributed by atoms with van der Waals surface area (Å²) in [6, 6.07) is 8.52. The standard InChI is InChI=1S/C20H26N7O9P/c1-2-34-18(30)13(10-12-6-4-3-5-7-12)24-37(32,33)35-11-20(25-26-22)16(29)15(28)17(36-20)27-9-8-14(21)23-19(27)31/h3-9,13,15-17,28-29H,2,10-11H2,1H3,(H2,21,23,31)(H2,24,32,33)/t13-,15+,16-,17+,20+/m0/s1. The number of aromatic nitrogens is 2. The van der Waals surface area contributed by atoms with Crippen LogP contribution in [0.2, 0.25) is 0 Å². The molecule has 0 amide bonds. The first kappa shape index (κ1) is 28.2. The molecule has 0 saturated carbocycles. The molecule has 200 valence electrons. The number of nitrogens with zero attached hydrogens (tertiary/aromatic N) is 5. The van der Waals surface area contributed by atoms with Gasteiger partial charge in [-0.05, 0) is 30.5 Å². The third kappa shape index (κ3) is 6.71. The van der Waals surface area contributed by atoms with E-state index in [-0.39, 0.29) is 18.8 Å². The Morgan fingerprint density at radius 2 is 2.11 bits per heavy atom. The predicted octanol–water partition coefficient (Wildman–Crippen LogP) is -0.0363. The van der Waals surface area contributed by atoms with Gasteiger partial charge >= 0.3 is 19.4 Å². The van der Waals surface area contributed by atoms with Crippen molar-refractivity contribution in [2.45, 2.75) is 43.5 Å². The lowest BCUT2D eigenvalue weighted by Crippen LogP contribution is -2.45. The number of azide groups is 1. The van der Waals surface area contributed by atoms with Crippen LogP contribution in [0.15, 0.2) is 52.5 Å². The summed E-state index contributed by atoms with van der Waals surface area (Å²) in [5.41, 5.74) is 11.8. The van der Waals surface area contributed by atoms with Gasteiger partial charge in [-0.1, -0.05) is 35.4 Å². The lowest BCUT2D eigenvalue weighted by molar-refractivity contribution is -0.145. The van der Waals surface area contributed by atoms with Crippen molar-refractivity contribution in [1.29, 1.82) is 0 Å². The van der Waals surface area contributed by atoms with Crippen molar-refractivity contribution in [2.75, 3.05) is 18.9 Å². The van der Waals surface area contributed by atoms with Gasteiger partial charge in [-0.2, -0.15) is 4.98 Å². The van der Waals surface area contributed by atoms with Gasteiger partial charge in [0.2, 0.25) is 5.72 Å². The molecule has 2 aromatic rings. The van der Waals surface area contributed by atoms with Crippen molar-refractivity contribution in [1.82, 2.24) is 14.6 Å². The molecular weight excluding hydrogens is 513 g/mol. The molecular formula is C20H26N7O9P. The summed E-state index contributed by atoms with van der Waals surface area (Å²) >= 11 is 0. The maximum Gasteiger partial charge on any atom is 0.403 e. The number of aliphatic hydroxyl groups is 2. The number of nitrogen functional groups attached to an aromatic ring is 1. The van der Waals surface area contributed by atoms with Crippen LogP contribution < -0.4 is 16.5 Å². The van der Waals surface area contributed by atoms with E-state index in [9.17, 15) is 29.3 Å². The minimum Gasteiger partial charge on any atom is -0.465 e. The van der Waals surface area contributed by atoms with Crippen LogP contribution in [0.1, 0.15) is 18.7 Å². The Balaban J connectivity index is 1.80. The highest BCUT2D eigenvalue weighted by Gasteiger charge is 2.56. The molecule has 6 atom stereocenters. The van der Waals surface area contributed by atoms with E-state index in [4.69, 9.17) is 25.3 Å². The van der Waals surface area contributed by atoms with Gasteiger partial charge in [0.15, 0.2) is 6.23 Å². The van der Waals surface area contributed by atoms with Gasteiger partial charge in [-0.3, -0.25) is 13.9 Å². The number of esters is 1. The minimum atomic E-state index is -4.84. The van der Waals surface area contributed by atoms with Crippen molar-refractivity contribution in [3.8, 4) is 0 Å². The van der Waals surface area contributed by atoms with Gasteiger partial charge in [0.05, 0.1) is 13.2 Å². The Bertz CT molecular complexity index is 1260. The number of aliphatic hydroxyl groups excluding tert-OH is 2. The predicted molar refractivity (Wildman–Crippen MR) is 126 cm³/mol. The number of rotatable bonds is 11. The summed E-state index contributed by atoms with van der Waals surface area (Å²) in [7, 11) is -4.84. The van der Waals surface area contributed by atoms with Gasteiger partial charge in [-0.25, -0.2) is 14.4 Å². The molecule has 1 aromatic carbocycles. The van der Waals surface area contributed by atoms with Gasteiger partial charge < -0.3 is 30.3 Å². The largest absolute Gasteiger partial charge is 0.465 e. The Morgan fingerprint density at radius 3 is 2.73 bits per heavy atom. The first-order chi connectivity index (χ1) is 17.5. The number of carbonyl (C=O) groups excluding carboxylic acids is 1.